The number of benzene rings is 1. The fourth-order valence-corrected chi connectivity index (χ4v) is 2.35. The number of rotatable bonds is 6. The van der Waals surface area contributed by atoms with Gasteiger partial charge in [-0.25, -0.2) is 0 Å². The maximum atomic E-state index is 12.1. The van der Waals surface area contributed by atoms with Crippen molar-refractivity contribution in [2.75, 3.05) is 11.9 Å². The Hall–Kier alpha value is -1.59. The van der Waals surface area contributed by atoms with Crippen molar-refractivity contribution in [3.05, 3.63) is 28.8 Å². The highest BCUT2D eigenvalue weighted by atomic mass is 35.5. The van der Waals surface area contributed by atoms with Crippen LogP contribution in [0.5, 0.6) is 0 Å². The van der Waals surface area contributed by atoms with Crippen molar-refractivity contribution in [2.24, 2.45) is 0 Å². The largest absolute Gasteiger partial charge is 0.480 e. The Kier molecular flexibility index (Phi) is 4.85. The van der Waals surface area contributed by atoms with E-state index >= 15 is 0 Å². The maximum Gasteiger partial charge on any atom is 0.320 e. The summed E-state index contributed by atoms with van der Waals surface area (Å²) in [6, 6.07) is 4.84. The predicted molar refractivity (Wildman–Crippen MR) is 81.6 cm³/mol. The van der Waals surface area contributed by atoms with Crippen LogP contribution in [0.3, 0.4) is 0 Å². The molecule has 1 amide bonds. The van der Waals surface area contributed by atoms with E-state index in [1.807, 2.05) is 13.0 Å². The van der Waals surface area contributed by atoms with Crippen LogP contribution in [0.1, 0.15) is 25.3 Å². The molecular weight excluding hydrogens is 292 g/mol. The molecule has 1 atom stereocenters. The first kappa shape index (κ1) is 15.8. The highest BCUT2D eigenvalue weighted by molar-refractivity contribution is 6.31. The predicted octanol–water partition coefficient (Wildman–Crippen LogP) is 2.52. The normalized spacial score (nSPS) is 15.8. The summed E-state index contributed by atoms with van der Waals surface area (Å²) in [6.07, 6.45) is 1.89. The van der Waals surface area contributed by atoms with Crippen LogP contribution >= 0.6 is 11.6 Å². The lowest BCUT2D eigenvalue weighted by atomic mass is 10.2. The van der Waals surface area contributed by atoms with E-state index in [4.69, 9.17) is 16.7 Å². The monoisotopic (exact) mass is 310 g/mol. The smallest absolute Gasteiger partial charge is 0.320 e. The van der Waals surface area contributed by atoms with E-state index in [0.717, 1.165) is 18.4 Å². The van der Waals surface area contributed by atoms with Crippen molar-refractivity contribution < 1.29 is 14.7 Å². The first-order valence-corrected chi connectivity index (χ1v) is 7.31. The summed E-state index contributed by atoms with van der Waals surface area (Å²) in [7, 11) is 0. The molecule has 114 valence electrons. The van der Waals surface area contributed by atoms with Gasteiger partial charge >= 0.3 is 5.97 Å². The first-order chi connectivity index (χ1) is 9.88. The maximum absolute atomic E-state index is 12.1. The molecule has 1 aliphatic carbocycles. The highest BCUT2D eigenvalue weighted by Crippen LogP contribution is 2.28. The van der Waals surface area contributed by atoms with Crippen LogP contribution in [0.15, 0.2) is 18.2 Å². The van der Waals surface area contributed by atoms with E-state index in [1.165, 1.54) is 0 Å². The number of aliphatic carboxylic acids is 1. The highest BCUT2D eigenvalue weighted by Gasteiger charge is 2.36. The molecule has 21 heavy (non-hydrogen) atoms. The van der Waals surface area contributed by atoms with Gasteiger partial charge in [0.15, 0.2) is 0 Å². The van der Waals surface area contributed by atoms with E-state index in [1.54, 1.807) is 24.0 Å². The number of carboxylic acid groups (broad SMARTS) is 1. The van der Waals surface area contributed by atoms with Crippen molar-refractivity contribution in [2.45, 2.75) is 38.8 Å². The molecule has 0 aromatic heterocycles. The average Bonchev–Trinajstić information content (AvgIpc) is 3.24. The summed E-state index contributed by atoms with van der Waals surface area (Å²) in [5.74, 6) is -1.14. The number of hydrogen-bond donors (Lipinski definition) is 2. The molecule has 2 N–H and O–H groups in total. The first-order valence-electron chi connectivity index (χ1n) is 6.93. The summed E-state index contributed by atoms with van der Waals surface area (Å²) >= 11 is 6.02. The van der Waals surface area contributed by atoms with E-state index in [0.29, 0.717) is 10.7 Å². The quantitative estimate of drug-likeness (QED) is 0.847. The van der Waals surface area contributed by atoms with Crippen LogP contribution in [0.25, 0.3) is 0 Å². The number of hydrogen-bond acceptors (Lipinski definition) is 3. The molecule has 0 saturated heterocycles. The summed E-state index contributed by atoms with van der Waals surface area (Å²) in [5.41, 5.74) is 1.56. The van der Waals surface area contributed by atoms with Gasteiger partial charge in [-0.1, -0.05) is 17.7 Å². The van der Waals surface area contributed by atoms with Crippen molar-refractivity contribution in [1.82, 2.24) is 4.90 Å². The molecule has 2 rings (SSSR count). The Morgan fingerprint density at radius 2 is 2.14 bits per heavy atom. The topological polar surface area (TPSA) is 69.6 Å². The molecule has 0 spiro atoms. The third-order valence-corrected chi connectivity index (χ3v) is 4.06. The molecule has 5 nitrogen and oxygen atoms in total. The SMILES string of the molecule is Cc1ccc(NC(=O)CN(C2CC2)C(C)C(=O)O)cc1Cl. The van der Waals surface area contributed by atoms with Crippen LogP contribution in [0, 0.1) is 6.92 Å². The zero-order valence-corrected chi connectivity index (χ0v) is 12.9. The molecule has 0 bridgehead atoms. The number of nitrogens with one attached hydrogen (secondary N) is 1. The average molecular weight is 311 g/mol. The fourth-order valence-electron chi connectivity index (χ4n) is 2.17. The van der Waals surface area contributed by atoms with Gasteiger partial charge in [-0.15, -0.1) is 0 Å². The lowest BCUT2D eigenvalue weighted by Gasteiger charge is -2.25. The van der Waals surface area contributed by atoms with Gasteiger partial charge in [-0.05, 0) is 44.4 Å². The number of nitrogens with zero attached hydrogens (tertiary/aromatic N) is 1. The molecule has 1 unspecified atom stereocenters. The summed E-state index contributed by atoms with van der Waals surface area (Å²) in [5, 5.41) is 12.5. The molecule has 1 saturated carbocycles. The summed E-state index contributed by atoms with van der Waals surface area (Å²) in [4.78, 5) is 24.9. The van der Waals surface area contributed by atoms with E-state index in [2.05, 4.69) is 5.32 Å². The third-order valence-electron chi connectivity index (χ3n) is 3.65. The van der Waals surface area contributed by atoms with Crippen LogP contribution in [-0.2, 0) is 9.59 Å². The van der Waals surface area contributed by atoms with E-state index in [-0.39, 0.29) is 18.5 Å². The number of halogens is 1. The fraction of sp³-hybridized carbons (Fsp3) is 0.467. The van der Waals surface area contributed by atoms with Gasteiger partial charge in [0.2, 0.25) is 5.91 Å². The second kappa shape index (κ2) is 6.45. The van der Waals surface area contributed by atoms with E-state index < -0.39 is 12.0 Å². The molecule has 0 radical (unpaired) electrons. The van der Waals surface area contributed by atoms with E-state index in [9.17, 15) is 9.59 Å². The van der Waals surface area contributed by atoms with Crippen LogP contribution in [0.2, 0.25) is 5.02 Å². The molecule has 1 fully saturated rings. The van der Waals surface area contributed by atoms with Crippen molar-refractivity contribution in [3.63, 3.8) is 0 Å². The molecule has 1 aromatic carbocycles. The van der Waals surface area contributed by atoms with Crippen molar-refractivity contribution in [3.8, 4) is 0 Å². The number of anilines is 1. The molecule has 6 heteroatoms. The second-order valence-electron chi connectivity index (χ2n) is 5.43. The number of aryl methyl sites for hydroxylation is 1. The van der Waals surface area contributed by atoms with Crippen molar-refractivity contribution >= 4 is 29.2 Å². The summed E-state index contributed by atoms with van der Waals surface area (Å²) in [6.45, 7) is 3.57. The van der Waals surface area contributed by atoms with Gasteiger partial charge in [0.1, 0.15) is 6.04 Å². The van der Waals surface area contributed by atoms with Gasteiger partial charge in [0.05, 0.1) is 6.54 Å². The Bertz CT molecular complexity index is 558. The standard InChI is InChI=1S/C15H19ClN2O3/c1-9-3-4-11(7-13(9)16)17-14(19)8-18(12-5-6-12)10(2)15(20)21/h3-4,7,10,12H,5-6,8H2,1-2H3,(H,17,19)(H,20,21). The lowest BCUT2D eigenvalue weighted by Crippen LogP contribution is -2.44. The minimum atomic E-state index is -0.909. The van der Waals surface area contributed by atoms with Gasteiger partial charge in [-0.3, -0.25) is 14.5 Å². The number of carbonyl (C=O) groups is 2. The second-order valence-corrected chi connectivity index (χ2v) is 5.84. The van der Waals surface area contributed by atoms with Gasteiger partial charge < -0.3 is 10.4 Å². The summed E-state index contributed by atoms with van der Waals surface area (Å²) < 4.78 is 0. The van der Waals surface area contributed by atoms with Crippen LogP contribution < -0.4 is 5.32 Å². The Labute approximate surface area is 128 Å². The zero-order valence-electron chi connectivity index (χ0n) is 12.1. The molecule has 1 aliphatic rings. The Morgan fingerprint density at radius 3 is 2.67 bits per heavy atom. The van der Waals surface area contributed by atoms with Gasteiger partial charge in [-0.2, -0.15) is 0 Å². The molecule has 0 aliphatic heterocycles. The molecular formula is C15H19ClN2O3. The van der Waals surface area contributed by atoms with Crippen LogP contribution in [-0.4, -0.2) is 40.5 Å². The molecule has 1 aromatic rings. The minimum Gasteiger partial charge on any atom is -0.480 e. The van der Waals surface area contributed by atoms with Gasteiger partial charge in [0.25, 0.3) is 0 Å². The number of carbonyl (C=O) groups excluding carboxylic acids is 1. The third kappa shape index (κ3) is 4.19. The Morgan fingerprint density at radius 1 is 1.48 bits per heavy atom. The number of carboxylic acids is 1. The minimum absolute atomic E-state index is 0.0730. The van der Waals surface area contributed by atoms with Crippen molar-refractivity contribution in [1.29, 1.82) is 0 Å². The lowest BCUT2D eigenvalue weighted by molar-refractivity contribution is -0.143. The van der Waals surface area contributed by atoms with Gasteiger partial charge in [0, 0.05) is 16.8 Å². The Balaban J connectivity index is 1.99. The van der Waals surface area contributed by atoms with Crippen LogP contribution in [0.4, 0.5) is 5.69 Å². The number of amides is 1. The zero-order chi connectivity index (χ0) is 15.6. The molecule has 0 heterocycles.